The van der Waals surface area contributed by atoms with E-state index in [-0.39, 0.29) is 44.0 Å². The lowest BCUT2D eigenvalue weighted by Crippen LogP contribution is -2.47. The monoisotopic (exact) mass is 346 g/mol. The van der Waals surface area contributed by atoms with Gasteiger partial charge in [-0.2, -0.15) is 0 Å². The second kappa shape index (κ2) is 9.34. The lowest BCUT2D eigenvalue weighted by atomic mass is 9.92. The molecule has 6 nitrogen and oxygen atoms in total. The van der Waals surface area contributed by atoms with Crippen LogP contribution in [0.3, 0.4) is 0 Å². The zero-order valence-corrected chi connectivity index (χ0v) is 14.4. The Morgan fingerprint density at radius 1 is 1.32 bits per heavy atom. The van der Waals surface area contributed by atoms with Gasteiger partial charge in [0.05, 0.1) is 25.2 Å². The summed E-state index contributed by atoms with van der Waals surface area (Å²) in [5.74, 6) is -0.937. The molecule has 1 aromatic carbocycles. The fourth-order valence-electron chi connectivity index (χ4n) is 3.18. The van der Waals surface area contributed by atoms with Crippen LogP contribution >= 0.6 is 0 Å². The molecule has 0 radical (unpaired) electrons. The van der Waals surface area contributed by atoms with E-state index in [2.05, 4.69) is 11.9 Å². The van der Waals surface area contributed by atoms with E-state index in [1.165, 1.54) is 0 Å². The number of nitrogens with one attached hydrogen (secondary N) is 1. The molecule has 1 aliphatic rings. The number of hydrogen-bond acceptors (Lipinski definition) is 4. The number of carbonyl (C=O) groups excluding carboxylic acids is 2. The van der Waals surface area contributed by atoms with Gasteiger partial charge in [0, 0.05) is 19.5 Å². The maximum absolute atomic E-state index is 12.8. The number of carbonyl (C=O) groups is 2. The van der Waals surface area contributed by atoms with E-state index in [9.17, 15) is 14.7 Å². The van der Waals surface area contributed by atoms with Crippen molar-refractivity contribution in [3.63, 3.8) is 0 Å². The maximum Gasteiger partial charge on any atom is 0.224 e. The molecule has 2 amide bonds. The van der Waals surface area contributed by atoms with Gasteiger partial charge < -0.3 is 20.4 Å². The average Bonchev–Trinajstić information content (AvgIpc) is 2.64. The average molecular weight is 346 g/mol. The number of rotatable bonds is 8. The van der Waals surface area contributed by atoms with Gasteiger partial charge in [0.1, 0.15) is 0 Å². The first kappa shape index (κ1) is 19.1. The summed E-state index contributed by atoms with van der Waals surface area (Å²) in [6.45, 7) is 4.01. The van der Waals surface area contributed by atoms with Crippen LogP contribution in [0, 0.1) is 5.92 Å². The van der Waals surface area contributed by atoms with Gasteiger partial charge in [-0.25, -0.2) is 0 Å². The van der Waals surface area contributed by atoms with Crippen molar-refractivity contribution >= 4 is 11.8 Å². The van der Waals surface area contributed by atoms with Crippen LogP contribution in [-0.2, 0) is 22.6 Å². The SMILES string of the molecule is C=CC[C@H](CC(=O)N1Cc2ccccc2C[C@H]1CO)C(=O)NCCO. The van der Waals surface area contributed by atoms with Crippen LogP contribution in [0.4, 0.5) is 0 Å². The Balaban J connectivity index is 2.09. The minimum atomic E-state index is -0.520. The van der Waals surface area contributed by atoms with Crippen molar-refractivity contribution in [3.8, 4) is 0 Å². The Morgan fingerprint density at radius 3 is 2.68 bits per heavy atom. The summed E-state index contributed by atoms with van der Waals surface area (Å²) in [6.07, 6.45) is 2.67. The lowest BCUT2D eigenvalue weighted by Gasteiger charge is -2.36. The Labute approximate surface area is 148 Å². The normalized spacial score (nSPS) is 17.5. The smallest absolute Gasteiger partial charge is 0.224 e. The molecule has 1 aromatic rings. The van der Waals surface area contributed by atoms with Crippen LogP contribution in [0.2, 0.25) is 0 Å². The molecule has 6 heteroatoms. The highest BCUT2D eigenvalue weighted by Gasteiger charge is 2.31. The van der Waals surface area contributed by atoms with Gasteiger partial charge in [-0.15, -0.1) is 6.58 Å². The fraction of sp³-hybridized carbons (Fsp3) is 0.474. The van der Waals surface area contributed by atoms with Crippen molar-refractivity contribution in [3.05, 3.63) is 48.0 Å². The summed E-state index contributed by atoms with van der Waals surface area (Å²) in [5, 5.41) is 21.1. The minimum absolute atomic E-state index is 0.0575. The third kappa shape index (κ3) is 4.90. The molecule has 136 valence electrons. The van der Waals surface area contributed by atoms with Crippen molar-refractivity contribution in [2.45, 2.75) is 31.8 Å². The van der Waals surface area contributed by atoms with E-state index in [1.54, 1.807) is 11.0 Å². The van der Waals surface area contributed by atoms with Crippen molar-refractivity contribution in [2.24, 2.45) is 5.92 Å². The highest BCUT2D eigenvalue weighted by Crippen LogP contribution is 2.25. The number of aliphatic hydroxyl groups excluding tert-OH is 2. The van der Waals surface area contributed by atoms with E-state index in [4.69, 9.17) is 5.11 Å². The van der Waals surface area contributed by atoms with Gasteiger partial charge in [-0.05, 0) is 24.0 Å². The predicted octanol–water partition coefficient (Wildman–Crippen LogP) is 0.623. The molecule has 25 heavy (non-hydrogen) atoms. The van der Waals surface area contributed by atoms with Crippen molar-refractivity contribution in [1.29, 1.82) is 0 Å². The molecular weight excluding hydrogens is 320 g/mol. The van der Waals surface area contributed by atoms with Crippen LogP contribution in [0.1, 0.15) is 24.0 Å². The van der Waals surface area contributed by atoms with E-state index in [0.29, 0.717) is 19.4 Å². The van der Waals surface area contributed by atoms with Crippen LogP contribution in [0.5, 0.6) is 0 Å². The summed E-state index contributed by atoms with van der Waals surface area (Å²) >= 11 is 0. The van der Waals surface area contributed by atoms with E-state index in [0.717, 1.165) is 11.1 Å². The van der Waals surface area contributed by atoms with Gasteiger partial charge >= 0.3 is 0 Å². The molecule has 2 atom stereocenters. The first-order valence-corrected chi connectivity index (χ1v) is 8.57. The molecule has 0 aromatic heterocycles. The molecule has 0 saturated heterocycles. The Kier molecular flexibility index (Phi) is 7.16. The highest BCUT2D eigenvalue weighted by molar-refractivity contribution is 5.86. The van der Waals surface area contributed by atoms with Gasteiger partial charge in [-0.1, -0.05) is 30.3 Å². The molecule has 0 spiro atoms. The number of hydrogen-bond donors (Lipinski definition) is 3. The van der Waals surface area contributed by atoms with Crippen LogP contribution in [0.25, 0.3) is 0 Å². The van der Waals surface area contributed by atoms with E-state index >= 15 is 0 Å². The Morgan fingerprint density at radius 2 is 2.04 bits per heavy atom. The fourth-order valence-corrected chi connectivity index (χ4v) is 3.18. The van der Waals surface area contributed by atoms with Gasteiger partial charge in [0.2, 0.25) is 11.8 Å². The lowest BCUT2D eigenvalue weighted by molar-refractivity contribution is -0.139. The van der Waals surface area contributed by atoms with E-state index in [1.807, 2.05) is 24.3 Å². The topological polar surface area (TPSA) is 89.9 Å². The third-order valence-corrected chi connectivity index (χ3v) is 4.54. The molecule has 0 fully saturated rings. The summed E-state index contributed by atoms with van der Waals surface area (Å²) < 4.78 is 0. The summed E-state index contributed by atoms with van der Waals surface area (Å²) in [5.41, 5.74) is 2.22. The zero-order valence-electron chi connectivity index (χ0n) is 14.4. The first-order valence-electron chi connectivity index (χ1n) is 8.57. The largest absolute Gasteiger partial charge is 0.395 e. The Hall–Kier alpha value is -2.18. The number of allylic oxidation sites excluding steroid dienone is 1. The van der Waals surface area contributed by atoms with Crippen LogP contribution in [-0.4, -0.2) is 52.7 Å². The van der Waals surface area contributed by atoms with Gasteiger partial charge in [0.25, 0.3) is 0 Å². The van der Waals surface area contributed by atoms with Gasteiger partial charge in [-0.3, -0.25) is 9.59 Å². The van der Waals surface area contributed by atoms with Gasteiger partial charge in [0.15, 0.2) is 0 Å². The number of fused-ring (bicyclic) bond motifs is 1. The molecule has 0 bridgehead atoms. The zero-order chi connectivity index (χ0) is 18.2. The molecule has 1 heterocycles. The molecule has 2 rings (SSSR count). The molecule has 0 unspecified atom stereocenters. The second-order valence-electron chi connectivity index (χ2n) is 6.27. The first-order chi connectivity index (χ1) is 12.1. The minimum Gasteiger partial charge on any atom is -0.395 e. The quantitative estimate of drug-likeness (QED) is 0.602. The number of nitrogens with zero attached hydrogens (tertiary/aromatic N) is 1. The molecule has 0 aliphatic carbocycles. The standard InChI is InChI=1S/C19H26N2O4/c1-2-5-15(19(25)20-8-9-22)11-18(24)21-12-16-7-4-3-6-14(16)10-17(21)13-23/h2-4,6-7,15,17,22-23H,1,5,8-13H2,(H,20,25)/t15-,17+/m1/s1. The van der Waals surface area contributed by atoms with E-state index < -0.39 is 5.92 Å². The van der Waals surface area contributed by atoms with Crippen LogP contribution < -0.4 is 5.32 Å². The number of aliphatic hydroxyl groups is 2. The second-order valence-corrected chi connectivity index (χ2v) is 6.27. The predicted molar refractivity (Wildman–Crippen MR) is 94.6 cm³/mol. The maximum atomic E-state index is 12.8. The molecule has 3 N–H and O–H groups in total. The highest BCUT2D eigenvalue weighted by atomic mass is 16.3. The van der Waals surface area contributed by atoms with Crippen molar-refractivity contribution in [1.82, 2.24) is 10.2 Å². The summed E-state index contributed by atoms with van der Waals surface area (Å²) in [7, 11) is 0. The van der Waals surface area contributed by atoms with Crippen molar-refractivity contribution < 1.29 is 19.8 Å². The van der Waals surface area contributed by atoms with Crippen LogP contribution in [0.15, 0.2) is 36.9 Å². The summed E-state index contributed by atoms with van der Waals surface area (Å²) in [4.78, 5) is 26.6. The van der Waals surface area contributed by atoms with Crippen molar-refractivity contribution in [2.75, 3.05) is 19.8 Å². The number of amides is 2. The Bertz CT molecular complexity index is 617. The molecule has 1 aliphatic heterocycles. The molecular formula is C19H26N2O4. The summed E-state index contributed by atoms with van der Waals surface area (Å²) in [6, 6.07) is 7.62. The third-order valence-electron chi connectivity index (χ3n) is 4.54. The molecule has 0 saturated carbocycles. The number of benzene rings is 1.